The van der Waals surface area contributed by atoms with E-state index in [4.69, 9.17) is 11.6 Å². The molecule has 0 spiro atoms. The van der Waals surface area contributed by atoms with Gasteiger partial charge in [0.1, 0.15) is 5.38 Å². The zero-order chi connectivity index (χ0) is 12.6. The van der Waals surface area contributed by atoms with Gasteiger partial charge in [0.15, 0.2) is 0 Å². The number of hydrogen-bond acceptors (Lipinski definition) is 4. The molecule has 1 aliphatic heterocycles. The Morgan fingerprint density at radius 1 is 1.41 bits per heavy atom. The van der Waals surface area contributed by atoms with Crippen molar-refractivity contribution in [3.05, 3.63) is 34.4 Å². The van der Waals surface area contributed by atoms with Crippen molar-refractivity contribution < 1.29 is 14.5 Å². The first-order chi connectivity index (χ1) is 8.00. The molecule has 2 amide bonds. The van der Waals surface area contributed by atoms with Gasteiger partial charge in [0.05, 0.1) is 17.0 Å². The Balaban J connectivity index is 2.40. The fourth-order valence-corrected chi connectivity index (χ4v) is 1.84. The van der Waals surface area contributed by atoms with Gasteiger partial charge in [-0.1, -0.05) is 6.07 Å². The van der Waals surface area contributed by atoms with Gasteiger partial charge in [0.2, 0.25) is 5.91 Å². The van der Waals surface area contributed by atoms with Crippen LogP contribution >= 0.6 is 11.6 Å². The van der Waals surface area contributed by atoms with Crippen LogP contribution in [0.15, 0.2) is 24.3 Å². The van der Waals surface area contributed by atoms with E-state index >= 15 is 0 Å². The maximum atomic E-state index is 11.6. The minimum Gasteiger partial charge on any atom is -0.274 e. The van der Waals surface area contributed by atoms with Crippen molar-refractivity contribution in [1.82, 2.24) is 0 Å². The number of nitrogens with zero attached hydrogens (tertiary/aromatic N) is 2. The highest BCUT2D eigenvalue weighted by Gasteiger charge is 2.38. The van der Waals surface area contributed by atoms with E-state index in [0.717, 1.165) is 4.90 Å². The summed E-state index contributed by atoms with van der Waals surface area (Å²) in [7, 11) is 0. The van der Waals surface area contributed by atoms with Crippen LogP contribution < -0.4 is 4.90 Å². The Kier molecular flexibility index (Phi) is 2.81. The monoisotopic (exact) mass is 254 g/mol. The molecule has 0 N–H and O–H groups in total. The number of alkyl halides is 1. The number of non-ortho nitro benzene ring substituents is 1. The molecule has 0 saturated carbocycles. The number of benzene rings is 1. The number of carbonyl (C=O) groups excluding carboxylic acids is 2. The van der Waals surface area contributed by atoms with Crippen molar-refractivity contribution in [2.24, 2.45) is 0 Å². The lowest BCUT2D eigenvalue weighted by Crippen LogP contribution is -2.30. The molecule has 1 atom stereocenters. The van der Waals surface area contributed by atoms with Gasteiger partial charge >= 0.3 is 0 Å². The molecule has 1 heterocycles. The van der Waals surface area contributed by atoms with Crippen LogP contribution in [0.3, 0.4) is 0 Å². The zero-order valence-electron chi connectivity index (χ0n) is 8.50. The Morgan fingerprint density at radius 2 is 2.12 bits per heavy atom. The van der Waals surface area contributed by atoms with Gasteiger partial charge in [0.25, 0.3) is 11.6 Å². The number of imide groups is 1. The third-order valence-corrected chi connectivity index (χ3v) is 2.73. The summed E-state index contributed by atoms with van der Waals surface area (Å²) in [5.74, 6) is -0.993. The predicted octanol–water partition coefficient (Wildman–Crippen LogP) is 1.47. The third kappa shape index (κ3) is 1.99. The van der Waals surface area contributed by atoms with Gasteiger partial charge in [-0.3, -0.25) is 19.7 Å². The van der Waals surface area contributed by atoms with E-state index in [1.165, 1.54) is 24.3 Å². The van der Waals surface area contributed by atoms with E-state index in [-0.39, 0.29) is 17.8 Å². The quantitative estimate of drug-likeness (QED) is 0.346. The second kappa shape index (κ2) is 4.14. The van der Waals surface area contributed by atoms with Gasteiger partial charge in [-0.2, -0.15) is 0 Å². The van der Waals surface area contributed by atoms with Crippen LogP contribution in [-0.2, 0) is 9.59 Å². The van der Waals surface area contributed by atoms with Crippen LogP contribution in [0.5, 0.6) is 0 Å². The Hall–Kier alpha value is -1.95. The topological polar surface area (TPSA) is 80.5 Å². The van der Waals surface area contributed by atoms with Crippen molar-refractivity contribution in [3.8, 4) is 0 Å². The molecule has 0 aromatic heterocycles. The molecule has 7 heteroatoms. The Labute approximate surface area is 101 Å². The second-order valence-corrected chi connectivity index (χ2v) is 4.04. The van der Waals surface area contributed by atoms with Crippen molar-refractivity contribution in [2.75, 3.05) is 4.90 Å². The average molecular weight is 255 g/mol. The van der Waals surface area contributed by atoms with E-state index in [2.05, 4.69) is 0 Å². The summed E-state index contributed by atoms with van der Waals surface area (Å²) in [4.78, 5) is 34.0. The summed E-state index contributed by atoms with van der Waals surface area (Å²) >= 11 is 5.66. The molecule has 1 aromatic carbocycles. The minimum absolute atomic E-state index is 0.0803. The Bertz CT molecular complexity index is 517. The summed E-state index contributed by atoms with van der Waals surface area (Å²) < 4.78 is 0. The first kappa shape index (κ1) is 11.5. The molecule has 1 unspecified atom stereocenters. The first-order valence-electron chi connectivity index (χ1n) is 4.76. The molecule has 17 heavy (non-hydrogen) atoms. The first-order valence-corrected chi connectivity index (χ1v) is 5.19. The SMILES string of the molecule is O=C1CC(Cl)C(=O)N1c1cccc([N+](=O)[O-])c1. The lowest BCUT2D eigenvalue weighted by molar-refractivity contribution is -0.384. The lowest BCUT2D eigenvalue weighted by Gasteiger charge is -2.13. The summed E-state index contributed by atoms with van der Waals surface area (Å²) in [6.45, 7) is 0. The average Bonchev–Trinajstić information content (AvgIpc) is 2.53. The standard InChI is InChI=1S/C10H7ClN2O4/c11-8-5-9(14)12(10(8)15)6-2-1-3-7(4-6)13(16)17/h1-4,8H,5H2. The molecular weight excluding hydrogens is 248 g/mol. The van der Waals surface area contributed by atoms with Crippen LogP contribution in [0.1, 0.15) is 6.42 Å². The lowest BCUT2D eigenvalue weighted by atomic mass is 10.2. The van der Waals surface area contributed by atoms with E-state index in [9.17, 15) is 19.7 Å². The van der Waals surface area contributed by atoms with E-state index in [0.29, 0.717) is 0 Å². The largest absolute Gasteiger partial charge is 0.274 e. The highest BCUT2D eigenvalue weighted by atomic mass is 35.5. The summed E-state index contributed by atoms with van der Waals surface area (Å²) in [5.41, 5.74) is -0.00141. The molecule has 6 nitrogen and oxygen atoms in total. The molecule has 1 aromatic rings. The fraction of sp³-hybridized carbons (Fsp3) is 0.200. The second-order valence-electron chi connectivity index (χ2n) is 3.52. The zero-order valence-corrected chi connectivity index (χ0v) is 9.26. The van der Waals surface area contributed by atoms with E-state index in [1.807, 2.05) is 0 Å². The maximum absolute atomic E-state index is 11.6. The van der Waals surface area contributed by atoms with Gasteiger partial charge in [-0.25, -0.2) is 4.90 Å². The smallest absolute Gasteiger partial charge is 0.271 e. The highest BCUT2D eigenvalue weighted by Crippen LogP contribution is 2.27. The van der Waals surface area contributed by atoms with Gasteiger partial charge in [-0.15, -0.1) is 11.6 Å². The van der Waals surface area contributed by atoms with E-state index < -0.39 is 22.1 Å². The van der Waals surface area contributed by atoms with Crippen molar-refractivity contribution >= 4 is 34.8 Å². The van der Waals surface area contributed by atoms with Crippen LogP contribution in [0.2, 0.25) is 0 Å². The number of nitro groups is 1. The summed E-state index contributed by atoms with van der Waals surface area (Å²) in [6, 6.07) is 5.32. The third-order valence-electron chi connectivity index (χ3n) is 2.39. The molecule has 0 radical (unpaired) electrons. The molecule has 2 rings (SSSR count). The Morgan fingerprint density at radius 3 is 2.65 bits per heavy atom. The summed E-state index contributed by atoms with van der Waals surface area (Å²) in [5, 5.41) is 9.70. The van der Waals surface area contributed by atoms with Crippen LogP contribution in [0.25, 0.3) is 0 Å². The van der Waals surface area contributed by atoms with Crippen LogP contribution in [0.4, 0.5) is 11.4 Å². The van der Waals surface area contributed by atoms with Crippen LogP contribution in [0, 0.1) is 10.1 Å². The molecule has 0 aliphatic carbocycles. The summed E-state index contributed by atoms with van der Waals surface area (Å²) in [6.07, 6.45) is -0.0803. The molecule has 0 bridgehead atoms. The number of hydrogen-bond donors (Lipinski definition) is 0. The van der Waals surface area contributed by atoms with Crippen molar-refractivity contribution in [1.29, 1.82) is 0 Å². The molecule has 1 fully saturated rings. The molecule has 1 aliphatic rings. The van der Waals surface area contributed by atoms with Crippen LogP contribution in [-0.4, -0.2) is 22.1 Å². The number of carbonyl (C=O) groups is 2. The van der Waals surface area contributed by atoms with Gasteiger partial charge in [0, 0.05) is 12.1 Å². The van der Waals surface area contributed by atoms with Gasteiger partial charge in [-0.05, 0) is 6.07 Å². The molecule has 1 saturated heterocycles. The molecular formula is C10H7ClN2O4. The van der Waals surface area contributed by atoms with E-state index in [1.54, 1.807) is 0 Å². The number of rotatable bonds is 2. The van der Waals surface area contributed by atoms with Crippen molar-refractivity contribution in [2.45, 2.75) is 11.8 Å². The predicted molar refractivity (Wildman–Crippen MR) is 59.8 cm³/mol. The number of anilines is 1. The number of nitro benzene ring substituents is 1. The van der Waals surface area contributed by atoms with Gasteiger partial charge < -0.3 is 0 Å². The fourth-order valence-electron chi connectivity index (χ4n) is 1.61. The maximum Gasteiger partial charge on any atom is 0.271 e. The number of amides is 2. The molecule has 88 valence electrons. The minimum atomic E-state index is -0.887. The van der Waals surface area contributed by atoms with Crippen molar-refractivity contribution in [3.63, 3.8) is 0 Å². The normalized spacial score (nSPS) is 19.8. The highest BCUT2D eigenvalue weighted by molar-refractivity contribution is 6.40. The number of halogens is 1.